The fourth-order valence-electron chi connectivity index (χ4n) is 0.943. The first-order valence-electron chi connectivity index (χ1n) is 4.73. The van der Waals surface area contributed by atoms with Gasteiger partial charge in [-0.3, -0.25) is 9.59 Å². The van der Waals surface area contributed by atoms with Gasteiger partial charge in [-0.25, -0.2) is 0 Å². The summed E-state index contributed by atoms with van der Waals surface area (Å²) in [5, 5.41) is 0. The number of thioether (sulfide) groups is 1. The van der Waals surface area contributed by atoms with Crippen LogP contribution in [0.5, 0.6) is 0 Å². The molecule has 0 heterocycles. The molecule has 0 rings (SSSR count). The fraction of sp³-hybridized carbons (Fsp3) is 0.778. The van der Waals surface area contributed by atoms with Gasteiger partial charge in [0.05, 0.1) is 19.1 Å². The molecule has 0 aliphatic rings. The molecule has 0 saturated heterocycles. The highest BCUT2D eigenvalue weighted by atomic mass is 32.2. The highest BCUT2D eigenvalue weighted by Gasteiger charge is 2.14. The molecular weight excluding hydrogens is 232 g/mol. The first-order chi connectivity index (χ1) is 7.61. The summed E-state index contributed by atoms with van der Waals surface area (Å²) in [6.45, 7) is 0.655. The minimum Gasteiger partial charge on any atom is -0.382 e. The lowest BCUT2D eigenvalue weighted by Crippen LogP contribution is -2.40. The molecule has 0 spiro atoms. The molecule has 0 aromatic carbocycles. The lowest BCUT2D eigenvalue weighted by molar-refractivity contribution is -0.138. The SMILES string of the molecule is COCCOCC(=O)N(CSC)CC(N)=O. The molecule has 0 atom stereocenters. The maximum atomic E-state index is 11.6. The van der Waals surface area contributed by atoms with Crippen molar-refractivity contribution in [1.82, 2.24) is 4.90 Å². The molecule has 94 valence electrons. The predicted molar refractivity (Wildman–Crippen MR) is 62.0 cm³/mol. The van der Waals surface area contributed by atoms with E-state index in [1.807, 2.05) is 6.26 Å². The van der Waals surface area contributed by atoms with Crippen LogP contribution >= 0.6 is 11.8 Å². The van der Waals surface area contributed by atoms with Crippen LogP contribution < -0.4 is 5.73 Å². The average Bonchev–Trinajstić information content (AvgIpc) is 2.23. The van der Waals surface area contributed by atoms with Gasteiger partial charge in [0.15, 0.2) is 0 Å². The number of ether oxygens (including phenoxy) is 2. The number of hydrogen-bond donors (Lipinski definition) is 1. The van der Waals surface area contributed by atoms with E-state index in [1.54, 1.807) is 7.11 Å². The van der Waals surface area contributed by atoms with Gasteiger partial charge in [0.25, 0.3) is 0 Å². The molecular formula is C9H18N2O4S. The molecule has 0 unspecified atom stereocenters. The zero-order valence-corrected chi connectivity index (χ0v) is 10.4. The lowest BCUT2D eigenvalue weighted by Gasteiger charge is -2.19. The van der Waals surface area contributed by atoms with Crippen LogP contribution in [0.4, 0.5) is 0 Å². The largest absolute Gasteiger partial charge is 0.382 e. The van der Waals surface area contributed by atoms with Crippen LogP contribution in [0, 0.1) is 0 Å². The Morgan fingerprint density at radius 1 is 1.38 bits per heavy atom. The second-order valence-corrected chi connectivity index (χ2v) is 3.86. The Kier molecular flexibility index (Phi) is 8.97. The molecule has 0 radical (unpaired) electrons. The number of carbonyl (C=O) groups is 2. The summed E-state index contributed by atoms with van der Waals surface area (Å²) in [5.41, 5.74) is 5.03. The number of amides is 2. The van der Waals surface area contributed by atoms with E-state index in [9.17, 15) is 9.59 Å². The van der Waals surface area contributed by atoms with E-state index < -0.39 is 5.91 Å². The highest BCUT2D eigenvalue weighted by Crippen LogP contribution is 1.99. The lowest BCUT2D eigenvalue weighted by atomic mass is 10.5. The van der Waals surface area contributed by atoms with Crippen molar-refractivity contribution in [3.05, 3.63) is 0 Å². The quantitative estimate of drug-likeness (QED) is 0.431. The maximum Gasteiger partial charge on any atom is 0.249 e. The first kappa shape index (κ1) is 15.2. The molecule has 0 aliphatic heterocycles. The summed E-state index contributed by atoms with van der Waals surface area (Å²) < 4.78 is 9.84. The number of carbonyl (C=O) groups excluding carboxylic acids is 2. The zero-order valence-electron chi connectivity index (χ0n) is 9.60. The Morgan fingerprint density at radius 3 is 2.56 bits per heavy atom. The van der Waals surface area contributed by atoms with E-state index in [1.165, 1.54) is 16.7 Å². The van der Waals surface area contributed by atoms with Gasteiger partial charge in [-0.15, -0.1) is 11.8 Å². The minimum atomic E-state index is -0.528. The van der Waals surface area contributed by atoms with Crippen molar-refractivity contribution < 1.29 is 19.1 Å². The van der Waals surface area contributed by atoms with Crippen LogP contribution in [0.25, 0.3) is 0 Å². The molecule has 2 N–H and O–H groups in total. The Balaban J connectivity index is 3.91. The number of methoxy groups -OCH3 is 1. The Morgan fingerprint density at radius 2 is 2.06 bits per heavy atom. The van der Waals surface area contributed by atoms with Gasteiger partial charge in [0.1, 0.15) is 13.2 Å². The fourth-order valence-corrected chi connectivity index (χ4v) is 1.49. The molecule has 6 nitrogen and oxygen atoms in total. The summed E-state index contributed by atoms with van der Waals surface area (Å²) in [6, 6.07) is 0. The third-order valence-corrected chi connectivity index (χ3v) is 2.21. The summed E-state index contributed by atoms with van der Waals surface area (Å²) in [4.78, 5) is 23.7. The summed E-state index contributed by atoms with van der Waals surface area (Å²) in [5.74, 6) is -0.348. The molecule has 0 aromatic heterocycles. The number of nitrogens with zero attached hydrogens (tertiary/aromatic N) is 1. The van der Waals surface area contributed by atoms with Gasteiger partial charge in [-0.2, -0.15) is 0 Å². The van der Waals surface area contributed by atoms with Gasteiger partial charge in [-0.05, 0) is 6.26 Å². The molecule has 2 amide bonds. The number of primary amides is 1. The van der Waals surface area contributed by atoms with Crippen LogP contribution in [0.1, 0.15) is 0 Å². The minimum absolute atomic E-state index is 0.0583. The number of rotatable bonds is 9. The van der Waals surface area contributed by atoms with E-state index in [0.717, 1.165) is 0 Å². The Labute approximate surface area is 99.4 Å². The van der Waals surface area contributed by atoms with Crippen molar-refractivity contribution in [1.29, 1.82) is 0 Å². The summed E-state index contributed by atoms with van der Waals surface area (Å²) >= 11 is 1.44. The van der Waals surface area contributed by atoms with E-state index in [-0.39, 0.29) is 19.1 Å². The van der Waals surface area contributed by atoms with Crippen LogP contribution in [-0.4, -0.2) is 62.3 Å². The van der Waals surface area contributed by atoms with Crippen molar-refractivity contribution in [3.63, 3.8) is 0 Å². The maximum absolute atomic E-state index is 11.6. The summed E-state index contributed by atoms with van der Waals surface area (Å²) in [7, 11) is 1.55. The van der Waals surface area contributed by atoms with Gasteiger partial charge in [0.2, 0.25) is 11.8 Å². The van der Waals surface area contributed by atoms with Crippen LogP contribution in [0.3, 0.4) is 0 Å². The van der Waals surface area contributed by atoms with Crippen LogP contribution in [-0.2, 0) is 19.1 Å². The average molecular weight is 250 g/mol. The molecule has 0 aromatic rings. The van der Waals surface area contributed by atoms with Crippen molar-refractivity contribution in [3.8, 4) is 0 Å². The predicted octanol–water partition coefficient (Wildman–Crippen LogP) is -0.716. The van der Waals surface area contributed by atoms with Gasteiger partial charge in [-0.1, -0.05) is 0 Å². The third-order valence-electron chi connectivity index (χ3n) is 1.64. The number of nitrogens with two attached hydrogens (primary N) is 1. The molecule has 0 fully saturated rings. The van der Waals surface area contributed by atoms with Crippen molar-refractivity contribution >= 4 is 23.6 Å². The zero-order chi connectivity index (χ0) is 12.4. The monoisotopic (exact) mass is 250 g/mol. The van der Waals surface area contributed by atoms with E-state index in [2.05, 4.69) is 0 Å². The smallest absolute Gasteiger partial charge is 0.249 e. The highest BCUT2D eigenvalue weighted by molar-refractivity contribution is 7.98. The normalized spacial score (nSPS) is 10.1. The van der Waals surface area contributed by atoms with Gasteiger partial charge < -0.3 is 20.1 Å². The second kappa shape index (κ2) is 9.44. The Bertz CT molecular complexity index is 226. The van der Waals surface area contributed by atoms with Crippen molar-refractivity contribution in [2.45, 2.75) is 0 Å². The van der Waals surface area contributed by atoms with Crippen LogP contribution in [0.15, 0.2) is 0 Å². The molecule has 7 heteroatoms. The van der Waals surface area contributed by atoms with Gasteiger partial charge >= 0.3 is 0 Å². The third kappa shape index (κ3) is 7.49. The molecule has 0 bridgehead atoms. The summed E-state index contributed by atoms with van der Waals surface area (Å²) in [6.07, 6.45) is 1.84. The topological polar surface area (TPSA) is 81.9 Å². The first-order valence-corrected chi connectivity index (χ1v) is 6.13. The van der Waals surface area contributed by atoms with E-state index in [4.69, 9.17) is 15.2 Å². The molecule has 0 saturated carbocycles. The second-order valence-electron chi connectivity index (χ2n) is 3.02. The standard InChI is InChI=1S/C9H18N2O4S/c1-14-3-4-15-6-9(13)11(7-16-2)5-8(10)12/h3-7H2,1-2H3,(H2,10,12). The molecule has 0 aliphatic carbocycles. The van der Waals surface area contributed by atoms with Crippen molar-refractivity contribution in [2.24, 2.45) is 5.73 Å². The Hall–Kier alpha value is -0.790. The van der Waals surface area contributed by atoms with Gasteiger partial charge in [0, 0.05) is 7.11 Å². The molecule has 16 heavy (non-hydrogen) atoms. The van der Waals surface area contributed by atoms with Crippen LogP contribution in [0.2, 0.25) is 0 Å². The number of hydrogen-bond acceptors (Lipinski definition) is 5. The van der Waals surface area contributed by atoms with Crippen molar-refractivity contribution in [2.75, 3.05) is 45.6 Å². The van der Waals surface area contributed by atoms with E-state index >= 15 is 0 Å². The van der Waals surface area contributed by atoms with E-state index in [0.29, 0.717) is 19.1 Å².